The fourth-order valence-corrected chi connectivity index (χ4v) is 1.93. The van der Waals surface area contributed by atoms with Gasteiger partial charge in [-0.3, -0.25) is 4.79 Å². The highest BCUT2D eigenvalue weighted by molar-refractivity contribution is 5.93. The number of carbonyl (C=O) groups excluding carboxylic acids is 1. The molecule has 0 fully saturated rings. The molecule has 0 atom stereocenters. The van der Waals surface area contributed by atoms with Crippen LogP contribution in [0, 0.1) is 29.1 Å². The molecule has 25 heavy (non-hydrogen) atoms. The minimum atomic E-state index is -3.20. The number of para-hydroxylation sites is 2. The number of anilines is 1. The molecule has 1 N–H and O–H groups in total. The van der Waals surface area contributed by atoms with Crippen LogP contribution < -0.4 is 10.1 Å². The third-order valence-corrected chi connectivity index (χ3v) is 3.02. The Hall–Kier alpha value is -2.78. The number of carbonyl (C=O) groups is 1. The Morgan fingerprint density at radius 1 is 0.920 bits per heavy atom. The number of rotatable bonds is 5. The monoisotopic (exact) mass is 367 g/mol. The quantitative estimate of drug-likeness (QED) is 0.490. The van der Waals surface area contributed by atoms with E-state index in [1.54, 1.807) is 0 Å². The van der Waals surface area contributed by atoms with E-state index in [1.807, 2.05) is 5.32 Å². The van der Waals surface area contributed by atoms with Crippen molar-refractivity contribution in [3.05, 3.63) is 58.9 Å². The maximum Gasteiger partial charge on any atom is 0.387 e. The van der Waals surface area contributed by atoms with Crippen LogP contribution >= 0.6 is 0 Å². The van der Waals surface area contributed by atoms with Gasteiger partial charge in [0.2, 0.25) is 11.7 Å². The highest BCUT2D eigenvalue weighted by atomic mass is 19.3. The fraction of sp³-hybridized carbons (Fsp3) is 0.133. The maximum atomic E-state index is 13.5. The average Bonchev–Trinajstić information content (AvgIpc) is 2.56. The zero-order valence-electron chi connectivity index (χ0n) is 12.1. The molecule has 0 spiro atoms. The molecule has 2 aromatic rings. The third-order valence-electron chi connectivity index (χ3n) is 3.02. The van der Waals surface area contributed by atoms with Gasteiger partial charge in [-0.05, 0) is 12.1 Å². The van der Waals surface area contributed by atoms with Gasteiger partial charge in [-0.15, -0.1) is 0 Å². The molecule has 0 aromatic heterocycles. The lowest BCUT2D eigenvalue weighted by Crippen LogP contribution is -2.19. The van der Waals surface area contributed by atoms with Crippen molar-refractivity contribution in [2.24, 2.45) is 0 Å². The minimum Gasteiger partial charge on any atom is -0.433 e. The molecule has 134 valence electrons. The second kappa shape index (κ2) is 7.41. The van der Waals surface area contributed by atoms with Crippen molar-refractivity contribution < 1.29 is 40.3 Å². The number of ether oxygens (including phenoxy) is 1. The number of halogens is 7. The molecule has 0 radical (unpaired) electrons. The third kappa shape index (κ3) is 4.01. The van der Waals surface area contributed by atoms with Crippen LogP contribution in [0.3, 0.4) is 0 Å². The summed E-state index contributed by atoms with van der Waals surface area (Å²) in [4.78, 5) is 11.8. The number of hydrogen-bond donors (Lipinski definition) is 1. The molecule has 2 rings (SSSR count). The average molecular weight is 367 g/mol. The highest BCUT2D eigenvalue weighted by Crippen LogP contribution is 2.27. The van der Waals surface area contributed by atoms with Gasteiger partial charge >= 0.3 is 6.61 Å². The van der Waals surface area contributed by atoms with Gasteiger partial charge in [0.25, 0.3) is 0 Å². The Morgan fingerprint density at radius 2 is 1.44 bits per heavy atom. The van der Waals surface area contributed by atoms with E-state index in [0.717, 1.165) is 12.1 Å². The summed E-state index contributed by atoms with van der Waals surface area (Å²) >= 11 is 0. The number of amides is 1. The largest absolute Gasteiger partial charge is 0.433 e. The van der Waals surface area contributed by atoms with Crippen LogP contribution in [0.5, 0.6) is 5.75 Å². The van der Waals surface area contributed by atoms with E-state index in [2.05, 4.69) is 4.74 Å². The Kier molecular flexibility index (Phi) is 5.50. The van der Waals surface area contributed by atoms with Gasteiger partial charge in [-0.2, -0.15) is 8.78 Å². The van der Waals surface area contributed by atoms with Gasteiger partial charge in [0.05, 0.1) is 12.1 Å². The van der Waals surface area contributed by atoms with Crippen LogP contribution in [0.4, 0.5) is 36.4 Å². The smallest absolute Gasteiger partial charge is 0.387 e. The van der Waals surface area contributed by atoms with E-state index in [4.69, 9.17) is 0 Å². The number of benzene rings is 2. The summed E-state index contributed by atoms with van der Waals surface area (Å²) in [5.41, 5.74) is -1.61. The van der Waals surface area contributed by atoms with Gasteiger partial charge in [-0.1, -0.05) is 12.1 Å². The van der Waals surface area contributed by atoms with Gasteiger partial charge in [-0.25, -0.2) is 22.0 Å². The van der Waals surface area contributed by atoms with Crippen LogP contribution in [-0.2, 0) is 11.2 Å². The molecule has 1 amide bonds. The molecule has 2 aromatic carbocycles. The van der Waals surface area contributed by atoms with E-state index in [1.165, 1.54) is 12.1 Å². The predicted molar refractivity (Wildman–Crippen MR) is 71.6 cm³/mol. The molecule has 0 aliphatic carbocycles. The first-order chi connectivity index (χ1) is 11.7. The molecule has 0 bridgehead atoms. The summed E-state index contributed by atoms with van der Waals surface area (Å²) in [6, 6.07) is 4.89. The van der Waals surface area contributed by atoms with Crippen molar-refractivity contribution in [2.75, 3.05) is 5.32 Å². The predicted octanol–water partition coefficient (Wildman–Crippen LogP) is 4.16. The number of hydrogen-bond acceptors (Lipinski definition) is 2. The van der Waals surface area contributed by atoms with Gasteiger partial charge in [0.15, 0.2) is 23.3 Å². The number of nitrogens with one attached hydrogen (secondary N) is 1. The molecule has 0 aliphatic heterocycles. The molecular formula is C15H8F7NO2. The molecule has 3 nitrogen and oxygen atoms in total. The zero-order valence-corrected chi connectivity index (χ0v) is 12.1. The Bertz CT molecular complexity index is 782. The van der Waals surface area contributed by atoms with E-state index >= 15 is 0 Å². The molecule has 10 heteroatoms. The van der Waals surface area contributed by atoms with Crippen LogP contribution in [0.15, 0.2) is 24.3 Å². The standard InChI is InChI=1S/C15H8F7NO2/c16-10-6(11(17)13(19)14(20)12(10)18)5-9(24)23-7-3-1-2-4-8(7)25-15(21)22/h1-4,15H,5H2,(H,23,24). The van der Waals surface area contributed by atoms with Crippen molar-refractivity contribution in [3.63, 3.8) is 0 Å². The Labute approximate surface area is 136 Å². The zero-order chi connectivity index (χ0) is 18.7. The second-order valence-corrected chi connectivity index (χ2v) is 4.65. The van der Waals surface area contributed by atoms with Crippen LogP contribution in [0.1, 0.15) is 5.56 Å². The van der Waals surface area contributed by atoms with Crippen molar-refractivity contribution in [1.82, 2.24) is 0 Å². The topological polar surface area (TPSA) is 38.3 Å². The summed E-state index contributed by atoms with van der Waals surface area (Å²) in [6.45, 7) is -3.20. The summed E-state index contributed by atoms with van der Waals surface area (Å²) in [5, 5.41) is 2.00. The Morgan fingerprint density at radius 3 is 2.00 bits per heavy atom. The van der Waals surface area contributed by atoms with Crippen molar-refractivity contribution in [2.45, 2.75) is 13.0 Å². The lowest BCUT2D eigenvalue weighted by atomic mass is 10.1. The van der Waals surface area contributed by atoms with Gasteiger partial charge in [0.1, 0.15) is 5.75 Å². The summed E-state index contributed by atoms with van der Waals surface area (Å²) in [5.74, 6) is -12.7. The molecule has 0 unspecified atom stereocenters. The first-order valence-corrected chi connectivity index (χ1v) is 6.56. The van der Waals surface area contributed by atoms with E-state index < -0.39 is 59.3 Å². The SMILES string of the molecule is O=C(Cc1c(F)c(F)c(F)c(F)c1F)Nc1ccccc1OC(F)F. The highest BCUT2D eigenvalue weighted by Gasteiger charge is 2.27. The van der Waals surface area contributed by atoms with Crippen LogP contribution in [-0.4, -0.2) is 12.5 Å². The molecule has 0 saturated heterocycles. The lowest BCUT2D eigenvalue weighted by Gasteiger charge is -2.12. The molecule has 0 aliphatic rings. The first kappa shape index (κ1) is 18.6. The van der Waals surface area contributed by atoms with E-state index in [0.29, 0.717) is 0 Å². The van der Waals surface area contributed by atoms with Crippen LogP contribution in [0.2, 0.25) is 0 Å². The first-order valence-electron chi connectivity index (χ1n) is 6.56. The van der Waals surface area contributed by atoms with E-state index in [-0.39, 0.29) is 5.69 Å². The van der Waals surface area contributed by atoms with Crippen molar-refractivity contribution >= 4 is 11.6 Å². The van der Waals surface area contributed by atoms with Gasteiger partial charge < -0.3 is 10.1 Å². The second-order valence-electron chi connectivity index (χ2n) is 4.65. The molecule has 0 saturated carbocycles. The maximum absolute atomic E-state index is 13.5. The lowest BCUT2D eigenvalue weighted by molar-refractivity contribution is -0.115. The molecular weight excluding hydrogens is 359 g/mol. The fourth-order valence-electron chi connectivity index (χ4n) is 1.93. The van der Waals surface area contributed by atoms with Crippen molar-refractivity contribution in [1.29, 1.82) is 0 Å². The summed E-state index contributed by atoms with van der Waals surface area (Å²) < 4.78 is 94.8. The van der Waals surface area contributed by atoms with Gasteiger partial charge in [0, 0.05) is 5.56 Å². The van der Waals surface area contributed by atoms with Crippen molar-refractivity contribution in [3.8, 4) is 5.75 Å². The van der Waals surface area contributed by atoms with Crippen LogP contribution in [0.25, 0.3) is 0 Å². The molecule has 0 heterocycles. The summed E-state index contributed by atoms with van der Waals surface area (Å²) in [7, 11) is 0. The Balaban J connectivity index is 2.25. The number of alkyl halides is 2. The van der Waals surface area contributed by atoms with E-state index in [9.17, 15) is 35.5 Å². The normalized spacial score (nSPS) is 10.9. The minimum absolute atomic E-state index is 0.267. The summed E-state index contributed by atoms with van der Waals surface area (Å²) in [6.07, 6.45) is -1.21.